The zero-order chi connectivity index (χ0) is 33.5. The fourth-order valence-electron chi connectivity index (χ4n) is 4.45. The Kier molecular flexibility index (Phi) is 15.3. The summed E-state index contributed by atoms with van der Waals surface area (Å²) in [5, 5.41) is 22.7. The number of anilines is 2. The molecule has 0 saturated heterocycles. The number of benzene rings is 4. The van der Waals surface area contributed by atoms with Crippen molar-refractivity contribution in [3.05, 3.63) is 109 Å². The SMILES string of the molecule is O=C(CCCCCC#CC#CCCCCCC(=O)Nc1ccc(N=Nc2ccccc2)cc1)Nc1ccc(N=Nc2ccccc2)cc1. The maximum Gasteiger partial charge on any atom is 0.224 e. The summed E-state index contributed by atoms with van der Waals surface area (Å²) in [5.41, 5.74) is 4.52. The molecule has 0 unspecified atom stereocenters. The van der Waals surface area contributed by atoms with Crippen LogP contribution in [0.25, 0.3) is 0 Å². The number of rotatable bonds is 16. The number of amides is 2. The van der Waals surface area contributed by atoms with Gasteiger partial charge in [0.05, 0.1) is 22.7 Å². The monoisotopic (exact) mass is 636 g/mol. The third-order valence-corrected chi connectivity index (χ3v) is 7.03. The maximum absolute atomic E-state index is 12.3. The molecule has 0 heterocycles. The van der Waals surface area contributed by atoms with Crippen molar-refractivity contribution in [1.29, 1.82) is 0 Å². The summed E-state index contributed by atoms with van der Waals surface area (Å²) in [5.74, 6) is 12.0. The molecule has 8 nitrogen and oxygen atoms in total. The Morgan fingerprint density at radius 1 is 0.438 bits per heavy atom. The number of carbonyl (C=O) groups excluding carboxylic acids is 2. The average molecular weight is 637 g/mol. The van der Waals surface area contributed by atoms with Crippen LogP contribution in [0.2, 0.25) is 0 Å². The second kappa shape index (κ2) is 21.0. The normalized spacial score (nSPS) is 10.6. The van der Waals surface area contributed by atoms with E-state index in [1.54, 1.807) is 0 Å². The van der Waals surface area contributed by atoms with Crippen molar-refractivity contribution in [2.75, 3.05) is 10.6 Å². The number of nitrogens with zero attached hydrogens (tertiary/aromatic N) is 4. The minimum atomic E-state index is -0.000144. The van der Waals surface area contributed by atoms with Gasteiger partial charge >= 0.3 is 0 Å². The molecule has 4 aromatic rings. The van der Waals surface area contributed by atoms with Crippen LogP contribution in [0.4, 0.5) is 34.1 Å². The van der Waals surface area contributed by atoms with Gasteiger partial charge in [-0.15, -0.1) is 0 Å². The van der Waals surface area contributed by atoms with Crippen LogP contribution < -0.4 is 10.6 Å². The summed E-state index contributed by atoms with van der Waals surface area (Å²) in [6.45, 7) is 0. The molecular weight excluding hydrogens is 596 g/mol. The van der Waals surface area contributed by atoms with E-state index in [4.69, 9.17) is 0 Å². The van der Waals surface area contributed by atoms with Gasteiger partial charge in [0.15, 0.2) is 0 Å². The van der Waals surface area contributed by atoms with E-state index in [1.807, 2.05) is 109 Å². The quantitative estimate of drug-likeness (QED) is 0.0725. The van der Waals surface area contributed by atoms with Gasteiger partial charge in [-0.1, -0.05) is 61.1 Å². The molecule has 4 rings (SSSR count). The number of unbranched alkanes of at least 4 members (excludes halogenated alkanes) is 6. The number of hydrogen-bond acceptors (Lipinski definition) is 6. The van der Waals surface area contributed by atoms with Gasteiger partial charge in [0.2, 0.25) is 11.8 Å². The Morgan fingerprint density at radius 3 is 1.17 bits per heavy atom. The first kappa shape index (κ1) is 35.0. The standard InChI is InChI=1S/C40H40N6O2/c47-39(41-33-25-29-37(30-26-33)45-43-35-19-13-11-14-20-35)23-17-9-7-5-3-1-2-4-6-8-10-18-24-40(48)42-34-27-31-38(32-28-34)46-44-36-21-15-12-16-22-36/h11-16,19-22,25-32H,5-10,17-18,23-24H2,(H,41,47)(H,42,48). The number of nitrogens with one attached hydrogen (secondary N) is 2. The lowest BCUT2D eigenvalue weighted by atomic mass is 10.1. The molecule has 0 atom stereocenters. The number of azo groups is 2. The largest absolute Gasteiger partial charge is 0.326 e. The highest BCUT2D eigenvalue weighted by molar-refractivity contribution is 5.91. The van der Waals surface area contributed by atoms with Crippen molar-refractivity contribution in [3.63, 3.8) is 0 Å². The zero-order valence-electron chi connectivity index (χ0n) is 27.1. The molecular formula is C40H40N6O2. The smallest absolute Gasteiger partial charge is 0.224 e. The Morgan fingerprint density at radius 2 is 0.792 bits per heavy atom. The van der Waals surface area contributed by atoms with Crippen molar-refractivity contribution >= 4 is 45.9 Å². The van der Waals surface area contributed by atoms with Gasteiger partial charge in [0.1, 0.15) is 0 Å². The Bertz CT molecular complexity index is 1610. The summed E-state index contributed by atoms with van der Waals surface area (Å²) in [4.78, 5) is 24.5. The van der Waals surface area contributed by atoms with Crippen molar-refractivity contribution in [3.8, 4) is 23.7 Å². The third kappa shape index (κ3) is 14.5. The minimum absolute atomic E-state index is 0.000144. The van der Waals surface area contributed by atoms with Gasteiger partial charge in [-0.2, -0.15) is 20.5 Å². The molecule has 0 aliphatic heterocycles. The maximum atomic E-state index is 12.3. The molecule has 4 aromatic carbocycles. The first-order valence-electron chi connectivity index (χ1n) is 16.3. The molecule has 0 saturated carbocycles. The fraction of sp³-hybridized carbons (Fsp3) is 0.250. The van der Waals surface area contributed by atoms with Crippen LogP contribution in [0.1, 0.15) is 64.2 Å². The van der Waals surface area contributed by atoms with E-state index in [2.05, 4.69) is 54.8 Å². The number of hydrogen-bond donors (Lipinski definition) is 2. The minimum Gasteiger partial charge on any atom is -0.326 e. The molecule has 0 aliphatic rings. The average Bonchev–Trinajstić information content (AvgIpc) is 3.12. The Hall–Kier alpha value is -5.86. The van der Waals surface area contributed by atoms with E-state index < -0.39 is 0 Å². The summed E-state index contributed by atoms with van der Waals surface area (Å²) in [7, 11) is 0. The van der Waals surface area contributed by atoms with E-state index in [0.29, 0.717) is 12.8 Å². The highest BCUT2D eigenvalue weighted by atomic mass is 16.2. The van der Waals surface area contributed by atoms with Crippen LogP contribution >= 0.6 is 0 Å². The molecule has 0 aliphatic carbocycles. The van der Waals surface area contributed by atoms with Crippen LogP contribution in [-0.2, 0) is 9.59 Å². The van der Waals surface area contributed by atoms with Gasteiger partial charge in [0.25, 0.3) is 0 Å². The first-order valence-corrected chi connectivity index (χ1v) is 16.3. The molecule has 0 spiro atoms. The predicted octanol–water partition coefficient (Wildman–Crippen LogP) is 11.0. The molecule has 48 heavy (non-hydrogen) atoms. The lowest BCUT2D eigenvalue weighted by molar-refractivity contribution is -0.117. The van der Waals surface area contributed by atoms with Crippen LogP contribution in [0.5, 0.6) is 0 Å². The number of carbonyl (C=O) groups is 2. The van der Waals surface area contributed by atoms with Gasteiger partial charge in [0, 0.05) is 37.1 Å². The van der Waals surface area contributed by atoms with E-state index >= 15 is 0 Å². The molecule has 0 bridgehead atoms. The Labute approximate surface area is 283 Å². The molecule has 0 aromatic heterocycles. The second-order valence-corrected chi connectivity index (χ2v) is 11.0. The lowest BCUT2D eigenvalue weighted by Gasteiger charge is -2.05. The highest BCUT2D eigenvalue weighted by Crippen LogP contribution is 2.21. The van der Waals surface area contributed by atoms with Gasteiger partial charge in [-0.25, -0.2) is 0 Å². The van der Waals surface area contributed by atoms with E-state index in [1.165, 1.54) is 0 Å². The third-order valence-electron chi connectivity index (χ3n) is 7.03. The van der Waals surface area contributed by atoms with Gasteiger partial charge in [-0.3, -0.25) is 9.59 Å². The molecule has 8 heteroatoms. The summed E-state index contributed by atoms with van der Waals surface area (Å²) >= 11 is 0. The molecule has 2 amide bonds. The van der Waals surface area contributed by atoms with E-state index in [-0.39, 0.29) is 11.8 Å². The van der Waals surface area contributed by atoms with Crippen LogP contribution in [0.3, 0.4) is 0 Å². The van der Waals surface area contributed by atoms with E-state index in [0.717, 1.165) is 85.5 Å². The summed E-state index contributed by atoms with van der Waals surface area (Å²) in [6.07, 6.45) is 7.87. The predicted molar refractivity (Wildman–Crippen MR) is 193 cm³/mol. The summed E-state index contributed by atoms with van der Waals surface area (Å²) < 4.78 is 0. The van der Waals surface area contributed by atoms with Gasteiger partial charge in [-0.05, 0) is 110 Å². The van der Waals surface area contributed by atoms with Crippen molar-refractivity contribution < 1.29 is 9.59 Å². The first-order chi connectivity index (χ1) is 23.6. The van der Waals surface area contributed by atoms with Crippen molar-refractivity contribution in [2.45, 2.75) is 64.2 Å². The molecule has 0 radical (unpaired) electrons. The van der Waals surface area contributed by atoms with Gasteiger partial charge < -0.3 is 10.6 Å². The van der Waals surface area contributed by atoms with E-state index in [9.17, 15) is 9.59 Å². The van der Waals surface area contributed by atoms with Crippen LogP contribution in [0.15, 0.2) is 130 Å². The van der Waals surface area contributed by atoms with Crippen molar-refractivity contribution in [1.82, 2.24) is 0 Å². The van der Waals surface area contributed by atoms with Crippen LogP contribution in [-0.4, -0.2) is 11.8 Å². The molecule has 242 valence electrons. The summed E-state index contributed by atoms with van der Waals surface area (Å²) in [6, 6.07) is 33.7. The fourth-order valence-corrected chi connectivity index (χ4v) is 4.45. The second-order valence-electron chi connectivity index (χ2n) is 11.0. The molecule has 0 fully saturated rings. The van der Waals surface area contributed by atoms with Crippen LogP contribution in [0, 0.1) is 23.7 Å². The zero-order valence-corrected chi connectivity index (χ0v) is 27.1. The lowest BCUT2D eigenvalue weighted by Crippen LogP contribution is -2.10. The van der Waals surface area contributed by atoms with Crippen molar-refractivity contribution in [2.24, 2.45) is 20.5 Å². The topological polar surface area (TPSA) is 108 Å². The molecule has 2 N–H and O–H groups in total. The highest BCUT2D eigenvalue weighted by Gasteiger charge is 2.04. The Balaban J connectivity index is 0.974.